The molecule has 0 fully saturated rings. The molecule has 0 aliphatic carbocycles. The number of benzene rings is 2. The van der Waals surface area contributed by atoms with Crippen molar-refractivity contribution >= 4 is 19.4 Å². The van der Waals surface area contributed by atoms with Crippen molar-refractivity contribution in [1.29, 1.82) is 0 Å². The molecule has 2 aromatic carbocycles. The number of allylic oxidation sites excluding steroid dienone is 1. The Bertz CT molecular complexity index is 455. The van der Waals surface area contributed by atoms with E-state index in [4.69, 9.17) is 19.4 Å². The zero-order valence-corrected chi connectivity index (χ0v) is 12.9. The molecular formula is C15H13Cl2Ru. The van der Waals surface area contributed by atoms with E-state index in [-0.39, 0.29) is 5.92 Å². The van der Waals surface area contributed by atoms with Gasteiger partial charge in [-0.2, -0.15) is 0 Å². The van der Waals surface area contributed by atoms with Gasteiger partial charge in [0.25, 0.3) is 0 Å². The zero-order valence-electron chi connectivity index (χ0n) is 9.62. The second-order valence-electron chi connectivity index (χ2n) is 3.81. The van der Waals surface area contributed by atoms with Gasteiger partial charge >= 0.3 is 122 Å². The molecule has 0 spiro atoms. The van der Waals surface area contributed by atoms with Crippen LogP contribution in [0.15, 0.2) is 71.4 Å². The summed E-state index contributed by atoms with van der Waals surface area (Å²) >= 11 is -1.75. The van der Waals surface area contributed by atoms with Crippen molar-refractivity contribution in [3.8, 4) is 0 Å². The molecule has 0 saturated carbocycles. The summed E-state index contributed by atoms with van der Waals surface area (Å²) < 4.78 is 1.96. The molecule has 95 valence electrons. The molecule has 0 unspecified atom stereocenters. The van der Waals surface area contributed by atoms with Crippen molar-refractivity contribution in [1.82, 2.24) is 0 Å². The number of rotatable bonds is 4. The van der Waals surface area contributed by atoms with E-state index in [1.807, 2.05) is 16.8 Å². The third-order valence-electron chi connectivity index (χ3n) is 2.67. The summed E-state index contributed by atoms with van der Waals surface area (Å²) in [5, 5.41) is 0. The fraction of sp³-hybridized carbons (Fsp3) is 0.0667. The molecule has 0 aromatic heterocycles. The summed E-state index contributed by atoms with van der Waals surface area (Å²) in [4.78, 5) is 0. The molecule has 0 N–H and O–H groups in total. The first-order valence-electron chi connectivity index (χ1n) is 5.54. The summed E-state index contributed by atoms with van der Waals surface area (Å²) in [5.74, 6) is 0.223. The molecule has 0 saturated heterocycles. The summed E-state index contributed by atoms with van der Waals surface area (Å²) in [6, 6.07) is 20.8. The molecule has 2 rings (SSSR count). The van der Waals surface area contributed by atoms with E-state index in [1.54, 1.807) is 0 Å². The van der Waals surface area contributed by atoms with E-state index in [1.165, 1.54) is 11.1 Å². The van der Waals surface area contributed by atoms with Gasteiger partial charge in [-0.05, 0) is 0 Å². The van der Waals surface area contributed by atoms with Crippen LogP contribution in [0.2, 0.25) is 0 Å². The van der Waals surface area contributed by atoms with Crippen molar-refractivity contribution in [2.45, 2.75) is 5.92 Å². The molecule has 0 atom stereocenters. The first kappa shape index (κ1) is 13.8. The first-order valence-corrected chi connectivity index (χ1v) is 11.0. The summed E-state index contributed by atoms with van der Waals surface area (Å²) in [6.45, 7) is 0. The second kappa shape index (κ2) is 7.09. The molecular weight excluding hydrogens is 352 g/mol. The van der Waals surface area contributed by atoms with Crippen LogP contribution in [0.3, 0.4) is 0 Å². The van der Waals surface area contributed by atoms with Crippen molar-refractivity contribution in [3.05, 3.63) is 82.5 Å². The number of hydrogen-bond acceptors (Lipinski definition) is 0. The Morgan fingerprint density at radius 1 is 0.778 bits per heavy atom. The average molecular weight is 365 g/mol. The molecule has 0 radical (unpaired) electrons. The van der Waals surface area contributed by atoms with Gasteiger partial charge in [-0.1, -0.05) is 0 Å². The van der Waals surface area contributed by atoms with Gasteiger partial charge in [0.2, 0.25) is 0 Å². The Labute approximate surface area is 121 Å². The van der Waals surface area contributed by atoms with Crippen LogP contribution in [0.5, 0.6) is 0 Å². The predicted octanol–water partition coefficient (Wildman–Crippen LogP) is 5.26. The van der Waals surface area contributed by atoms with Gasteiger partial charge in [-0.15, -0.1) is 0 Å². The second-order valence-corrected chi connectivity index (χ2v) is 9.62. The Kier molecular flexibility index (Phi) is 5.44. The first-order chi connectivity index (χ1) is 8.77. The topological polar surface area (TPSA) is 0 Å². The van der Waals surface area contributed by atoms with E-state index >= 15 is 0 Å². The van der Waals surface area contributed by atoms with Gasteiger partial charge in [0, 0.05) is 0 Å². The van der Waals surface area contributed by atoms with Crippen LogP contribution < -0.4 is 0 Å². The molecule has 0 amide bonds. The number of hydrogen-bond donors (Lipinski definition) is 0. The van der Waals surface area contributed by atoms with E-state index < -0.39 is 14.0 Å². The van der Waals surface area contributed by atoms with Gasteiger partial charge in [-0.25, -0.2) is 0 Å². The molecule has 18 heavy (non-hydrogen) atoms. The third kappa shape index (κ3) is 3.95. The van der Waals surface area contributed by atoms with Crippen LogP contribution in [-0.2, 0) is 14.0 Å². The van der Waals surface area contributed by atoms with E-state index in [0.717, 1.165) is 0 Å². The van der Waals surface area contributed by atoms with E-state index in [2.05, 4.69) is 54.6 Å². The fourth-order valence-corrected chi connectivity index (χ4v) is 3.05. The van der Waals surface area contributed by atoms with E-state index in [9.17, 15) is 0 Å². The predicted molar refractivity (Wildman–Crippen MR) is 75.6 cm³/mol. The SMILES string of the molecule is [Cl][Ru]([Cl])[CH]=CC(c1ccccc1)c1ccccc1. The van der Waals surface area contributed by atoms with Crippen molar-refractivity contribution < 1.29 is 14.0 Å². The van der Waals surface area contributed by atoms with Gasteiger partial charge in [0.05, 0.1) is 0 Å². The summed E-state index contributed by atoms with van der Waals surface area (Å²) in [6.07, 6.45) is 2.11. The molecule has 0 bridgehead atoms. The standard InChI is InChI=1S/C15H13.2ClH.Ru/c1-2-15(13-9-5-3-6-10-13)14-11-7-4-8-12-14;;;/h1-12,15H;2*1H;/q;;;+2/p-2. The summed E-state index contributed by atoms with van der Waals surface area (Å²) in [5.41, 5.74) is 2.51. The van der Waals surface area contributed by atoms with Gasteiger partial charge < -0.3 is 0 Å². The van der Waals surface area contributed by atoms with Gasteiger partial charge in [0.15, 0.2) is 0 Å². The quantitative estimate of drug-likeness (QED) is 0.649. The summed E-state index contributed by atoms with van der Waals surface area (Å²) in [7, 11) is 11.8. The molecule has 0 heterocycles. The van der Waals surface area contributed by atoms with Gasteiger partial charge in [-0.3, -0.25) is 0 Å². The van der Waals surface area contributed by atoms with Crippen molar-refractivity contribution in [3.63, 3.8) is 0 Å². The van der Waals surface area contributed by atoms with Crippen LogP contribution in [-0.4, -0.2) is 0 Å². The fourth-order valence-electron chi connectivity index (χ4n) is 1.85. The Hall–Kier alpha value is -0.617. The minimum atomic E-state index is -1.75. The van der Waals surface area contributed by atoms with Crippen LogP contribution in [0.4, 0.5) is 0 Å². The molecule has 2 aromatic rings. The van der Waals surface area contributed by atoms with Crippen LogP contribution in [0, 0.1) is 0 Å². The molecule has 0 nitrogen and oxygen atoms in total. The number of halogens is 2. The van der Waals surface area contributed by atoms with Crippen molar-refractivity contribution in [2.24, 2.45) is 0 Å². The Morgan fingerprint density at radius 2 is 1.22 bits per heavy atom. The van der Waals surface area contributed by atoms with E-state index in [0.29, 0.717) is 0 Å². The normalized spacial score (nSPS) is 12.1. The van der Waals surface area contributed by atoms with Crippen LogP contribution >= 0.6 is 19.4 Å². The van der Waals surface area contributed by atoms with Crippen LogP contribution in [0.25, 0.3) is 0 Å². The monoisotopic (exact) mass is 365 g/mol. The Morgan fingerprint density at radius 3 is 1.61 bits per heavy atom. The average Bonchev–Trinajstić information content (AvgIpc) is 2.41. The third-order valence-corrected chi connectivity index (χ3v) is 4.49. The zero-order chi connectivity index (χ0) is 12.8. The maximum absolute atomic E-state index is 5.92. The molecule has 0 aliphatic rings. The van der Waals surface area contributed by atoms with Crippen molar-refractivity contribution in [2.75, 3.05) is 0 Å². The Balaban J connectivity index is 2.35. The van der Waals surface area contributed by atoms with Crippen LogP contribution in [0.1, 0.15) is 17.0 Å². The maximum atomic E-state index is 5.92. The van der Waals surface area contributed by atoms with Gasteiger partial charge in [0.1, 0.15) is 0 Å². The molecule has 3 heteroatoms. The molecule has 0 aliphatic heterocycles. The minimum absolute atomic E-state index is 0.223.